The molecule has 7 nitrogen and oxygen atoms in total. The smallest absolute Gasteiger partial charge is 0.165 e. The summed E-state index contributed by atoms with van der Waals surface area (Å²) >= 11 is 0. The molecule has 2 aromatic heterocycles. The topological polar surface area (TPSA) is 110 Å². The lowest BCUT2D eigenvalue weighted by molar-refractivity contribution is 0.0652. The number of rotatable bonds is 4. The van der Waals surface area contributed by atoms with Crippen LogP contribution < -0.4 is 5.73 Å². The number of aliphatic hydroxyl groups is 2. The highest BCUT2D eigenvalue weighted by Crippen LogP contribution is 2.55. The maximum atomic E-state index is 9.70. The van der Waals surface area contributed by atoms with E-state index in [4.69, 9.17) is 10.8 Å². The molecule has 1 aliphatic rings. The zero-order valence-electron chi connectivity index (χ0n) is 10.7. The molecule has 4 N–H and O–H groups in total. The normalized spacial score (nSPS) is 27.6. The highest BCUT2D eigenvalue weighted by atomic mass is 16.3. The average Bonchev–Trinajstić information content (AvgIpc) is 2.88. The molecule has 1 aliphatic carbocycles. The van der Waals surface area contributed by atoms with Gasteiger partial charge in [-0.15, -0.1) is 0 Å². The number of nitrogens with two attached hydrogens (primary N) is 1. The number of aliphatic hydroxyl groups excluding tert-OH is 2. The van der Waals surface area contributed by atoms with Gasteiger partial charge in [-0.05, 0) is 17.8 Å². The molecule has 19 heavy (non-hydrogen) atoms. The maximum absolute atomic E-state index is 9.70. The third-order valence-electron chi connectivity index (χ3n) is 4.03. The van der Waals surface area contributed by atoms with E-state index in [0.717, 1.165) is 6.42 Å². The van der Waals surface area contributed by atoms with Crippen LogP contribution in [0.4, 0.5) is 5.82 Å². The summed E-state index contributed by atoms with van der Waals surface area (Å²) < 4.78 is 1.93. The molecule has 0 saturated heterocycles. The van der Waals surface area contributed by atoms with E-state index in [-0.39, 0.29) is 17.9 Å². The first-order valence-electron chi connectivity index (χ1n) is 6.25. The van der Waals surface area contributed by atoms with Gasteiger partial charge in [-0.3, -0.25) is 0 Å². The lowest BCUT2D eigenvalue weighted by Gasteiger charge is -2.15. The predicted molar refractivity (Wildman–Crippen MR) is 69.0 cm³/mol. The molecule has 102 valence electrons. The molecule has 0 radical (unpaired) electrons. The summed E-state index contributed by atoms with van der Waals surface area (Å²) in [5.41, 5.74) is 7.02. The Labute approximate surface area is 110 Å². The van der Waals surface area contributed by atoms with Gasteiger partial charge in [0.05, 0.1) is 19.0 Å². The molecule has 0 spiro atoms. The van der Waals surface area contributed by atoms with E-state index in [1.165, 1.54) is 6.33 Å². The van der Waals surface area contributed by atoms with E-state index in [9.17, 15) is 5.11 Å². The Balaban J connectivity index is 1.86. The van der Waals surface area contributed by atoms with E-state index in [2.05, 4.69) is 21.9 Å². The first-order valence-corrected chi connectivity index (χ1v) is 6.25. The summed E-state index contributed by atoms with van der Waals surface area (Å²) in [6, 6.07) is 0. The van der Waals surface area contributed by atoms with E-state index in [1.807, 2.05) is 4.57 Å². The second kappa shape index (κ2) is 4.14. The Kier molecular flexibility index (Phi) is 2.68. The zero-order valence-corrected chi connectivity index (χ0v) is 10.7. The van der Waals surface area contributed by atoms with Crippen LogP contribution in [0.15, 0.2) is 12.7 Å². The lowest BCUT2D eigenvalue weighted by atomic mass is 10.0. The minimum Gasteiger partial charge on any atom is -0.394 e. The number of hydrogen-bond donors (Lipinski definition) is 3. The molecule has 2 aromatic rings. The number of anilines is 1. The second-order valence-electron chi connectivity index (χ2n) is 5.52. The van der Waals surface area contributed by atoms with Gasteiger partial charge in [0.1, 0.15) is 11.8 Å². The van der Waals surface area contributed by atoms with Gasteiger partial charge in [0.2, 0.25) is 0 Å². The Hall–Kier alpha value is -1.73. The van der Waals surface area contributed by atoms with Gasteiger partial charge in [-0.2, -0.15) is 0 Å². The van der Waals surface area contributed by atoms with E-state index in [0.29, 0.717) is 23.5 Å². The third kappa shape index (κ3) is 1.95. The van der Waals surface area contributed by atoms with Crippen LogP contribution in [-0.2, 0) is 6.54 Å². The quantitative estimate of drug-likeness (QED) is 0.704. The minimum atomic E-state index is -0.653. The number of nitrogen functional groups attached to an aromatic ring is 1. The molecule has 3 rings (SSSR count). The van der Waals surface area contributed by atoms with Gasteiger partial charge >= 0.3 is 0 Å². The van der Waals surface area contributed by atoms with Crippen molar-refractivity contribution in [2.24, 2.45) is 11.3 Å². The highest BCUT2D eigenvalue weighted by Gasteiger charge is 2.53. The number of fused-ring (bicyclic) bond motifs is 1. The molecular weight excluding hydrogens is 246 g/mol. The second-order valence-corrected chi connectivity index (χ2v) is 5.52. The van der Waals surface area contributed by atoms with Gasteiger partial charge in [-0.1, -0.05) is 6.92 Å². The average molecular weight is 263 g/mol. The maximum Gasteiger partial charge on any atom is 0.165 e. The fourth-order valence-corrected chi connectivity index (χ4v) is 2.76. The molecule has 0 bridgehead atoms. The summed E-state index contributed by atoms with van der Waals surface area (Å²) in [6.07, 6.45) is 3.35. The Morgan fingerprint density at radius 1 is 1.53 bits per heavy atom. The van der Waals surface area contributed by atoms with Gasteiger partial charge in [0.15, 0.2) is 11.5 Å². The van der Waals surface area contributed by atoms with Crippen LogP contribution >= 0.6 is 0 Å². The molecule has 0 unspecified atom stereocenters. The standard InChI is InChI=1S/C12H17N5O2/c1-12(2-7(12)8(19)3-18)4-17-6-16-9-10(13)14-5-15-11(9)17/h5-8,18-19H,2-4H2,1H3,(H2,13,14,15)/t7-,8+,12+/m0/s1. The number of imidazole rings is 1. The Morgan fingerprint density at radius 3 is 3.05 bits per heavy atom. The molecule has 0 amide bonds. The van der Waals surface area contributed by atoms with E-state index in [1.54, 1.807) is 6.33 Å². The molecule has 2 heterocycles. The molecule has 1 saturated carbocycles. The van der Waals surface area contributed by atoms with Crippen LogP contribution in [0.5, 0.6) is 0 Å². The molecule has 3 atom stereocenters. The van der Waals surface area contributed by atoms with Crippen molar-refractivity contribution in [1.82, 2.24) is 19.5 Å². The highest BCUT2D eigenvalue weighted by molar-refractivity contribution is 5.81. The van der Waals surface area contributed by atoms with Crippen LogP contribution in [0.25, 0.3) is 11.2 Å². The fourth-order valence-electron chi connectivity index (χ4n) is 2.76. The van der Waals surface area contributed by atoms with Crippen molar-refractivity contribution in [2.45, 2.75) is 26.0 Å². The molecule has 1 fully saturated rings. The van der Waals surface area contributed by atoms with Crippen LogP contribution in [0.2, 0.25) is 0 Å². The summed E-state index contributed by atoms with van der Waals surface area (Å²) in [5, 5.41) is 18.7. The first kappa shape index (κ1) is 12.3. The predicted octanol–water partition coefficient (Wildman–Crippen LogP) is -0.212. The number of hydrogen-bond acceptors (Lipinski definition) is 6. The van der Waals surface area contributed by atoms with Crippen molar-refractivity contribution >= 4 is 17.0 Å². The third-order valence-corrected chi connectivity index (χ3v) is 4.03. The van der Waals surface area contributed by atoms with E-state index >= 15 is 0 Å². The SMILES string of the molecule is C[C@]1(Cn2cnc3c(N)ncnc32)C[C@H]1[C@H](O)CO. The van der Waals surface area contributed by atoms with Gasteiger partial charge < -0.3 is 20.5 Å². The zero-order chi connectivity index (χ0) is 13.6. The lowest BCUT2D eigenvalue weighted by Crippen LogP contribution is -2.21. The summed E-state index contributed by atoms with van der Waals surface area (Å²) in [5.74, 6) is 0.491. The van der Waals surface area contributed by atoms with Crippen molar-refractivity contribution in [3.63, 3.8) is 0 Å². The Bertz CT molecular complexity index is 613. The largest absolute Gasteiger partial charge is 0.394 e. The van der Waals surface area contributed by atoms with Crippen molar-refractivity contribution in [3.8, 4) is 0 Å². The van der Waals surface area contributed by atoms with Crippen molar-refractivity contribution in [3.05, 3.63) is 12.7 Å². The molecule has 0 aliphatic heterocycles. The van der Waals surface area contributed by atoms with Crippen LogP contribution in [0, 0.1) is 11.3 Å². The van der Waals surface area contributed by atoms with Crippen molar-refractivity contribution in [2.75, 3.05) is 12.3 Å². The molecular formula is C12H17N5O2. The van der Waals surface area contributed by atoms with Crippen LogP contribution in [-0.4, -0.2) is 42.4 Å². The number of aromatic nitrogens is 4. The molecule has 0 aromatic carbocycles. The van der Waals surface area contributed by atoms with Crippen LogP contribution in [0.3, 0.4) is 0 Å². The first-order chi connectivity index (χ1) is 9.05. The summed E-state index contributed by atoms with van der Waals surface area (Å²) in [6.45, 7) is 2.59. The molecule has 7 heteroatoms. The monoisotopic (exact) mass is 263 g/mol. The van der Waals surface area contributed by atoms with Crippen molar-refractivity contribution < 1.29 is 10.2 Å². The van der Waals surface area contributed by atoms with E-state index < -0.39 is 6.10 Å². The Morgan fingerprint density at radius 2 is 2.32 bits per heavy atom. The summed E-state index contributed by atoms with van der Waals surface area (Å²) in [4.78, 5) is 12.3. The van der Waals surface area contributed by atoms with Gasteiger partial charge in [-0.25, -0.2) is 15.0 Å². The number of nitrogens with zero attached hydrogens (tertiary/aromatic N) is 4. The van der Waals surface area contributed by atoms with Crippen LogP contribution in [0.1, 0.15) is 13.3 Å². The summed E-state index contributed by atoms with van der Waals surface area (Å²) in [7, 11) is 0. The van der Waals surface area contributed by atoms with Gasteiger partial charge in [0, 0.05) is 6.54 Å². The van der Waals surface area contributed by atoms with Gasteiger partial charge in [0.25, 0.3) is 0 Å². The van der Waals surface area contributed by atoms with Crippen molar-refractivity contribution in [1.29, 1.82) is 0 Å². The fraction of sp³-hybridized carbons (Fsp3) is 0.583. The minimum absolute atomic E-state index is 0.0323.